The Balaban J connectivity index is 2.77. The van der Waals surface area contributed by atoms with E-state index in [-0.39, 0.29) is 5.75 Å². The quantitative estimate of drug-likeness (QED) is 0.770. The molecule has 19 heavy (non-hydrogen) atoms. The number of nitrogens with two attached hydrogens (primary N) is 1. The molecule has 1 aromatic carbocycles. The van der Waals surface area contributed by atoms with Crippen molar-refractivity contribution in [1.29, 1.82) is 0 Å². The maximum atomic E-state index is 11.2. The number of nitrogen functional groups attached to an aromatic ring is 1. The molecule has 0 spiro atoms. The lowest BCUT2D eigenvalue weighted by molar-refractivity contribution is 0.319. The molecule has 108 valence electrons. The first-order chi connectivity index (χ1) is 8.83. The Hall–Kier alpha value is -1.43. The number of anilines is 2. The van der Waals surface area contributed by atoms with Gasteiger partial charge in [0.2, 0.25) is 0 Å². The van der Waals surface area contributed by atoms with Gasteiger partial charge in [0.1, 0.15) is 15.6 Å². The predicted molar refractivity (Wildman–Crippen MR) is 79.6 cm³/mol. The van der Waals surface area contributed by atoms with E-state index in [0.29, 0.717) is 24.6 Å². The van der Waals surface area contributed by atoms with Crippen molar-refractivity contribution in [2.24, 2.45) is 0 Å². The molecule has 0 heterocycles. The Kier molecular flexibility index (Phi) is 5.47. The predicted octanol–water partition coefficient (Wildman–Crippen LogP) is 1.54. The lowest BCUT2D eigenvalue weighted by atomic mass is 10.2. The lowest BCUT2D eigenvalue weighted by Crippen LogP contribution is -2.24. The fraction of sp³-hybridized carbons (Fsp3) is 0.538. The van der Waals surface area contributed by atoms with E-state index in [4.69, 9.17) is 10.5 Å². The van der Waals surface area contributed by atoms with Gasteiger partial charge in [0.05, 0.1) is 18.0 Å². The van der Waals surface area contributed by atoms with E-state index in [1.165, 1.54) is 6.26 Å². The first-order valence-electron chi connectivity index (χ1n) is 6.24. The molecule has 0 aliphatic rings. The van der Waals surface area contributed by atoms with Crippen LogP contribution in [0.4, 0.5) is 11.4 Å². The summed E-state index contributed by atoms with van der Waals surface area (Å²) in [6.45, 7) is 3.08. The van der Waals surface area contributed by atoms with Gasteiger partial charge in [-0.15, -0.1) is 0 Å². The molecule has 0 atom stereocenters. The first kappa shape index (κ1) is 15.6. The van der Waals surface area contributed by atoms with Gasteiger partial charge in [0.15, 0.2) is 0 Å². The molecule has 0 aliphatic carbocycles. The van der Waals surface area contributed by atoms with Crippen LogP contribution in [-0.4, -0.2) is 40.6 Å². The Labute approximate surface area is 115 Å². The van der Waals surface area contributed by atoms with Crippen molar-refractivity contribution in [2.45, 2.75) is 13.3 Å². The van der Waals surface area contributed by atoms with Crippen LogP contribution in [0.5, 0.6) is 5.75 Å². The summed E-state index contributed by atoms with van der Waals surface area (Å²) in [4.78, 5) is 1.87. The molecule has 0 saturated carbocycles. The monoisotopic (exact) mass is 286 g/mol. The average Bonchev–Trinajstić information content (AvgIpc) is 2.34. The Bertz CT molecular complexity index is 515. The summed E-state index contributed by atoms with van der Waals surface area (Å²) in [5.41, 5.74) is 7.32. The van der Waals surface area contributed by atoms with E-state index in [0.717, 1.165) is 12.1 Å². The second kappa shape index (κ2) is 6.65. The molecule has 6 heteroatoms. The normalized spacial score (nSPS) is 11.3. The van der Waals surface area contributed by atoms with Crippen LogP contribution in [0.15, 0.2) is 18.2 Å². The largest absolute Gasteiger partial charge is 0.491 e. The Morgan fingerprint density at radius 1 is 1.37 bits per heavy atom. The van der Waals surface area contributed by atoms with Crippen molar-refractivity contribution in [2.75, 3.05) is 42.8 Å². The molecular formula is C13H22N2O3S. The fourth-order valence-electron chi connectivity index (χ4n) is 1.53. The van der Waals surface area contributed by atoms with Gasteiger partial charge in [-0.05, 0) is 18.6 Å². The number of hydrogen-bond acceptors (Lipinski definition) is 5. The van der Waals surface area contributed by atoms with E-state index in [1.54, 1.807) is 6.07 Å². The zero-order valence-electron chi connectivity index (χ0n) is 11.7. The molecule has 5 nitrogen and oxygen atoms in total. The van der Waals surface area contributed by atoms with Gasteiger partial charge in [-0.1, -0.05) is 6.92 Å². The summed E-state index contributed by atoms with van der Waals surface area (Å²) in [6, 6.07) is 5.47. The maximum Gasteiger partial charge on any atom is 0.149 e. The van der Waals surface area contributed by atoms with Gasteiger partial charge in [-0.25, -0.2) is 8.42 Å². The second-order valence-corrected chi connectivity index (χ2v) is 6.88. The molecule has 0 fully saturated rings. The van der Waals surface area contributed by atoms with Crippen LogP contribution >= 0.6 is 0 Å². The average molecular weight is 286 g/mol. The van der Waals surface area contributed by atoms with Crippen molar-refractivity contribution < 1.29 is 13.2 Å². The first-order valence-corrected chi connectivity index (χ1v) is 8.30. The molecule has 0 aliphatic heterocycles. The number of sulfone groups is 1. The van der Waals surface area contributed by atoms with Crippen LogP contribution in [0, 0.1) is 0 Å². The number of ether oxygens (including phenoxy) is 1. The highest BCUT2D eigenvalue weighted by atomic mass is 32.2. The topological polar surface area (TPSA) is 72.6 Å². The number of rotatable bonds is 7. The molecule has 0 radical (unpaired) electrons. The highest BCUT2D eigenvalue weighted by Crippen LogP contribution is 2.27. The molecule has 0 aromatic heterocycles. The molecule has 1 aromatic rings. The maximum absolute atomic E-state index is 11.2. The van der Waals surface area contributed by atoms with E-state index < -0.39 is 9.84 Å². The van der Waals surface area contributed by atoms with Gasteiger partial charge in [-0.3, -0.25) is 0 Å². The molecule has 1 rings (SSSR count). The highest BCUT2D eigenvalue weighted by Gasteiger charge is 2.09. The van der Waals surface area contributed by atoms with Crippen LogP contribution in [0.1, 0.15) is 13.3 Å². The van der Waals surface area contributed by atoms with Gasteiger partial charge < -0.3 is 15.4 Å². The number of hydrogen-bond donors (Lipinski definition) is 1. The molecule has 0 amide bonds. The van der Waals surface area contributed by atoms with Crippen molar-refractivity contribution in [3.63, 3.8) is 0 Å². The van der Waals surface area contributed by atoms with E-state index in [2.05, 4.69) is 0 Å². The van der Waals surface area contributed by atoms with Crippen molar-refractivity contribution in [1.82, 2.24) is 0 Å². The Morgan fingerprint density at radius 2 is 2.05 bits per heavy atom. The van der Waals surface area contributed by atoms with Gasteiger partial charge in [-0.2, -0.15) is 0 Å². The Morgan fingerprint density at radius 3 is 2.63 bits per heavy atom. The minimum Gasteiger partial charge on any atom is -0.491 e. The van der Waals surface area contributed by atoms with E-state index in [1.807, 2.05) is 31.0 Å². The van der Waals surface area contributed by atoms with Crippen LogP contribution in [0.2, 0.25) is 0 Å². The van der Waals surface area contributed by atoms with Crippen molar-refractivity contribution >= 4 is 21.2 Å². The lowest BCUT2D eigenvalue weighted by Gasteiger charge is -2.20. The summed E-state index contributed by atoms with van der Waals surface area (Å²) in [5.74, 6) is 0.768. The van der Waals surface area contributed by atoms with Crippen LogP contribution in [0.25, 0.3) is 0 Å². The third-order valence-corrected chi connectivity index (χ3v) is 3.62. The molecule has 0 bridgehead atoms. The molecule has 2 N–H and O–H groups in total. The highest BCUT2D eigenvalue weighted by molar-refractivity contribution is 7.90. The summed E-state index contributed by atoms with van der Waals surface area (Å²) in [7, 11) is -1.11. The standard InChI is InChI=1S/C13H22N2O3S/c1-4-8-18-13-10-11(5-6-12(13)14)15(2)7-9-19(3,16)17/h5-6,10H,4,7-9,14H2,1-3H3. The molecular weight excluding hydrogens is 264 g/mol. The van der Waals surface area contributed by atoms with Crippen LogP contribution in [0.3, 0.4) is 0 Å². The zero-order chi connectivity index (χ0) is 14.5. The summed E-state index contributed by atoms with van der Waals surface area (Å²) < 4.78 is 27.9. The fourth-order valence-corrected chi connectivity index (χ4v) is 2.13. The smallest absolute Gasteiger partial charge is 0.149 e. The summed E-state index contributed by atoms with van der Waals surface area (Å²) >= 11 is 0. The van der Waals surface area contributed by atoms with E-state index >= 15 is 0 Å². The minimum atomic E-state index is -2.96. The van der Waals surface area contributed by atoms with Gasteiger partial charge in [0, 0.05) is 31.6 Å². The third-order valence-electron chi connectivity index (χ3n) is 2.70. The minimum absolute atomic E-state index is 0.124. The molecule has 0 unspecified atom stereocenters. The van der Waals surface area contributed by atoms with Crippen molar-refractivity contribution in [3.05, 3.63) is 18.2 Å². The third kappa shape index (κ3) is 5.38. The number of nitrogens with zero attached hydrogens (tertiary/aromatic N) is 1. The zero-order valence-corrected chi connectivity index (χ0v) is 12.5. The summed E-state index contributed by atoms with van der Waals surface area (Å²) in [5, 5.41) is 0. The van der Waals surface area contributed by atoms with Crippen LogP contribution in [-0.2, 0) is 9.84 Å². The van der Waals surface area contributed by atoms with E-state index in [9.17, 15) is 8.42 Å². The van der Waals surface area contributed by atoms with Crippen LogP contribution < -0.4 is 15.4 Å². The van der Waals surface area contributed by atoms with Gasteiger partial charge in [0.25, 0.3) is 0 Å². The van der Waals surface area contributed by atoms with Gasteiger partial charge >= 0.3 is 0 Å². The summed E-state index contributed by atoms with van der Waals surface area (Å²) in [6.07, 6.45) is 2.15. The SMILES string of the molecule is CCCOc1cc(N(C)CCS(C)(=O)=O)ccc1N. The molecule has 0 saturated heterocycles. The second-order valence-electron chi connectivity index (χ2n) is 4.62. The number of benzene rings is 1. The van der Waals surface area contributed by atoms with Crippen molar-refractivity contribution in [3.8, 4) is 5.75 Å².